The van der Waals surface area contributed by atoms with Crippen LogP contribution in [0.1, 0.15) is 36.6 Å². The molecule has 1 atom stereocenters. The number of carbonyl (C=O) groups excluding carboxylic acids is 1. The summed E-state index contributed by atoms with van der Waals surface area (Å²) < 4.78 is 5.55. The van der Waals surface area contributed by atoms with Gasteiger partial charge in [0.15, 0.2) is 0 Å². The molecule has 0 aliphatic heterocycles. The van der Waals surface area contributed by atoms with Gasteiger partial charge in [0.1, 0.15) is 6.61 Å². The Morgan fingerprint density at radius 1 is 1.17 bits per heavy atom. The zero-order chi connectivity index (χ0) is 17.4. The molecule has 0 radical (unpaired) electrons. The zero-order valence-electron chi connectivity index (χ0n) is 14.1. The van der Waals surface area contributed by atoms with E-state index in [1.54, 1.807) is 17.0 Å². The van der Waals surface area contributed by atoms with Crippen molar-refractivity contribution in [3.05, 3.63) is 71.3 Å². The third-order valence-electron chi connectivity index (χ3n) is 3.99. The molecular formula is C20H22N2O2. The van der Waals surface area contributed by atoms with Gasteiger partial charge in [0.2, 0.25) is 5.91 Å². The molecule has 0 N–H and O–H groups in total. The number of hydrogen-bond donors (Lipinski definition) is 0. The van der Waals surface area contributed by atoms with Gasteiger partial charge in [0, 0.05) is 6.54 Å². The van der Waals surface area contributed by atoms with Crippen molar-refractivity contribution in [3.63, 3.8) is 0 Å². The molecule has 2 aromatic carbocycles. The van der Waals surface area contributed by atoms with Gasteiger partial charge in [-0.3, -0.25) is 4.79 Å². The fraction of sp³-hybridized carbons (Fsp3) is 0.300. The summed E-state index contributed by atoms with van der Waals surface area (Å²) in [6, 6.07) is 19.2. The van der Waals surface area contributed by atoms with Crippen LogP contribution in [0.5, 0.6) is 0 Å². The highest BCUT2D eigenvalue weighted by molar-refractivity contribution is 5.78. The monoisotopic (exact) mass is 322 g/mol. The first kappa shape index (κ1) is 17.7. The van der Waals surface area contributed by atoms with E-state index in [0.29, 0.717) is 18.7 Å². The molecule has 0 fully saturated rings. The molecule has 0 saturated carbocycles. The van der Waals surface area contributed by atoms with Crippen molar-refractivity contribution in [2.45, 2.75) is 26.5 Å². The van der Waals surface area contributed by atoms with Crippen LogP contribution in [0.15, 0.2) is 54.6 Å². The molecule has 1 amide bonds. The van der Waals surface area contributed by atoms with E-state index in [9.17, 15) is 4.79 Å². The number of ether oxygens (including phenoxy) is 1. The average molecular weight is 322 g/mol. The third-order valence-corrected chi connectivity index (χ3v) is 3.99. The summed E-state index contributed by atoms with van der Waals surface area (Å²) in [6.45, 7) is 5.03. The maximum Gasteiger partial charge on any atom is 0.249 e. The van der Waals surface area contributed by atoms with Crippen LogP contribution in [-0.4, -0.2) is 24.0 Å². The highest BCUT2D eigenvalue weighted by Crippen LogP contribution is 2.20. The van der Waals surface area contributed by atoms with Crippen molar-refractivity contribution in [2.75, 3.05) is 13.2 Å². The molecule has 0 aliphatic rings. The lowest BCUT2D eigenvalue weighted by Gasteiger charge is -2.28. The normalized spacial score (nSPS) is 11.5. The predicted molar refractivity (Wildman–Crippen MR) is 93.1 cm³/mol. The van der Waals surface area contributed by atoms with Crippen molar-refractivity contribution < 1.29 is 9.53 Å². The minimum atomic E-state index is -0.0597. The molecule has 0 heterocycles. The Morgan fingerprint density at radius 3 is 2.42 bits per heavy atom. The number of likely N-dealkylation sites (N-methyl/N-ethyl adjacent to an activating group) is 1. The van der Waals surface area contributed by atoms with Crippen LogP contribution in [0, 0.1) is 11.3 Å². The van der Waals surface area contributed by atoms with Gasteiger partial charge >= 0.3 is 0 Å². The van der Waals surface area contributed by atoms with E-state index in [1.807, 2.05) is 56.3 Å². The molecule has 2 rings (SSSR count). The van der Waals surface area contributed by atoms with Gasteiger partial charge in [0.05, 0.1) is 24.3 Å². The van der Waals surface area contributed by atoms with Gasteiger partial charge in [-0.15, -0.1) is 0 Å². The third kappa shape index (κ3) is 4.68. The van der Waals surface area contributed by atoms with Crippen LogP contribution in [0.3, 0.4) is 0 Å². The van der Waals surface area contributed by atoms with E-state index in [1.165, 1.54) is 0 Å². The van der Waals surface area contributed by atoms with E-state index in [0.717, 1.165) is 11.1 Å². The number of nitriles is 1. The Hall–Kier alpha value is -2.64. The minimum absolute atomic E-state index is 0.0368. The van der Waals surface area contributed by atoms with Gasteiger partial charge in [0.25, 0.3) is 0 Å². The molecule has 0 saturated heterocycles. The minimum Gasteiger partial charge on any atom is -0.367 e. The summed E-state index contributed by atoms with van der Waals surface area (Å²) in [7, 11) is 0. The molecule has 0 aromatic heterocycles. The van der Waals surface area contributed by atoms with Gasteiger partial charge in [-0.05, 0) is 37.1 Å². The molecule has 4 heteroatoms. The second-order valence-corrected chi connectivity index (χ2v) is 5.57. The van der Waals surface area contributed by atoms with Crippen LogP contribution in [-0.2, 0) is 16.1 Å². The molecule has 4 nitrogen and oxygen atoms in total. The Labute approximate surface area is 143 Å². The number of hydrogen-bond acceptors (Lipinski definition) is 3. The lowest BCUT2D eigenvalue weighted by Crippen LogP contribution is -2.36. The topological polar surface area (TPSA) is 53.3 Å². The summed E-state index contributed by atoms with van der Waals surface area (Å²) in [5.74, 6) is -0.0368. The summed E-state index contributed by atoms with van der Waals surface area (Å²) in [6.07, 6.45) is 0. The SMILES string of the molecule is CCN(C(=O)COCc1ccccc1)C(C)c1ccc(C#N)cc1. The van der Waals surface area contributed by atoms with Crippen molar-refractivity contribution >= 4 is 5.91 Å². The fourth-order valence-corrected chi connectivity index (χ4v) is 2.60. The molecule has 1 unspecified atom stereocenters. The second kappa shape index (κ2) is 8.85. The van der Waals surface area contributed by atoms with E-state index >= 15 is 0 Å². The summed E-state index contributed by atoms with van der Waals surface area (Å²) in [4.78, 5) is 14.2. The van der Waals surface area contributed by atoms with Crippen molar-refractivity contribution in [3.8, 4) is 6.07 Å². The predicted octanol–water partition coefficient (Wildman–Crippen LogP) is 3.68. The van der Waals surface area contributed by atoms with Crippen molar-refractivity contribution in [2.24, 2.45) is 0 Å². The standard InChI is InChI=1S/C20H22N2O2/c1-3-22(16(2)19-11-9-17(13-21)10-12-19)20(23)15-24-14-18-7-5-4-6-8-18/h4-12,16H,3,14-15H2,1-2H3. The lowest BCUT2D eigenvalue weighted by molar-refractivity contribution is -0.138. The van der Waals surface area contributed by atoms with Crippen LogP contribution >= 0.6 is 0 Å². The van der Waals surface area contributed by atoms with E-state index < -0.39 is 0 Å². The lowest BCUT2D eigenvalue weighted by atomic mass is 10.0. The maximum absolute atomic E-state index is 12.5. The first-order valence-electron chi connectivity index (χ1n) is 8.07. The second-order valence-electron chi connectivity index (χ2n) is 5.57. The summed E-state index contributed by atoms with van der Waals surface area (Å²) >= 11 is 0. The molecular weight excluding hydrogens is 300 g/mol. The van der Waals surface area contributed by atoms with Crippen LogP contribution in [0.25, 0.3) is 0 Å². The summed E-state index contributed by atoms with van der Waals surface area (Å²) in [5, 5.41) is 8.87. The summed E-state index contributed by atoms with van der Waals surface area (Å²) in [5.41, 5.74) is 2.67. The molecule has 124 valence electrons. The molecule has 0 aliphatic carbocycles. The smallest absolute Gasteiger partial charge is 0.249 e. The largest absolute Gasteiger partial charge is 0.367 e. The van der Waals surface area contributed by atoms with Gasteiger partial charge < -0.3 is 9.64 Å². The number of amides is 1. The molecule has 2 aromatic rings. The van der Waals surface area contributed by atoms with Gasteiger partial charge in [-0.2, -0.15) is 5.26 Å². The van der Waals surface area contributed by atoms with Gasteiger partial charge in [-0.25, -0.2) is 0 Å². The zero-order valence-corrected chi connectivity index (χ0v) is 14.1. The number of carbonyl (C=O) groups is 1. The first-order valence-corrected chi connectivity index (χ1v) is 8.07. The van der Waals surface area contributed by atoms with E-state index in [-0.39, 0.29) is 18.6 Å². The Kier molecular flexibility index (Phi) is 6.53. The number of rotatable bonds is 7. The molecule has 0 spiro atoms. The highest BCUT2D eigenvalue weighted by atomic mass is 16.5. The number of nitrogens with zero attached hydrogens (tertiary/aromatic N) is 2. The Morgan fingerprint density at radius 2 is 1.83 bits per heavy atom. The van der Waals surface area contributed by atoms with E-state index in [2.05, 4.69) is 6.07 Å². The van der Waals surface area contributed by atoms with Crippen molar-refractivity contribution in [1.82, 2.24) is 4.90 Å². The molecule has 24 heavy (non-hydrogen) atoms. The van der Waals surface area contributed by atoms with Gasteiger partial charge in [-0.1, -0.05) is 42.5 Å². The average Bonchev–Trinajstić information content (AvgIpc) is 2.63. The Bertz CT molecular complexity index is 690. The van der Waals surface area contributed by atoms with Crippen LogP contribution in [0.2, 0.25) is 0 Å². The van der Waals surface area contributed by atoms with Crippen LogP contribution in [0.4, 0.5) is 0 Å². The quantitative estimate of drug-likeness (QED) is 0.781. The first-order chi connectivity index (χ1) is 11.7. The van der Waals surface area contributed by atoms with Crippen LogP contribution < -0.4 is 0 Å². The molecule has 0 bridgehead atoms. The number of benzene rings is 2. The highest BCUT2D eigenvalue weighted by Gasteiger charge is 2.19. The maximum atomic E-state index is 12.5. The Balaban J connectivity index is 1.93. The fourth-order valence-electron chi connectivity index (χ4n) is 2.60. The van der Waals surface area contributed by atoms with Crippen molar-refractivity contribution in [1.29, 1.82) is 5.26 Å². The van der Waals surface area contributed by atoms with E-state index in [4.69, 9.17) is 10.00 Å².